The van der Waals surface area contributed by atoms with Crippen LogP contribution in [-0.4, -0.2) is 31.5 Å². The molecule has 0 saturated carbocycles. The molecule has 0 aromatic carbocycles. The molecule has 0 radical (unpaired) electrons. The summed E-state index contributed by atoms with van der Waals surface area (Å²) in [6, 6.07) is -0.0361. The Kier molecular flexibility index (Phi) is 4.54. The number of ether oxygens (including phenoxy) is 3. The highest BCUT2D eigenvalue weighted by atomic mass is 19.4. The van der Waals surface area contributed by atoms with Crippen LogP contribution in [0.3, 0.4) is 0 Å². The Balaban J connectivity index is 3.53. The molecular formula is C10H7F6NO4. The van der Waals surface area contributed by atoms with Crippen molar-refractivity contribution in [2.75, 3.05) is 14.2 Å². The smallest absolute Gasteiger partial charge is 0.481 e. The fourth-order valence-electron chi connectivity index (χ4n) is 1.28. The maximum absolute atomic E-state index is 12.7. The summed E-state index contributed by atoms with van der Waals surface area (Å²) in [7, 11) is 1.62. The van der Waals surface area contributed by atoms with Gasteiger partial charge in [-0.25, -0.2) is 9.78 Å². The molecule has 1 aromatic heterocycles. The highest BCUT2D eigenvalue weighted by Crippen LogP contribution is 2.39. The summed E-state index contributed by atoms with van der Waals surface area (Å²) < 4.78 is 86.4. The molecule has 0 fully saturated rings. The van der Waals surface area contributed by atoms with E-state index in [1.807, 2.05) is 0 Å². The van der Waals surface area contributed by atoms with Gasteiger partial charge in [0.25, 0.3) is 0 Å². The molecule has 0 N–H and O–H groups in total. The van der Waals surface area contributed by atoms with Gasteiger partial charge in [0.1, 0.15) is 5.56 Å². The van der Waals surface area contributed by atoms with Gasteiger partial charge in [0.2, 0.25) is 5.88 Å². The summed E-state index contributed by atoms with van der Waals surface area (Å²) in [6.07, 6.45) is -10.4. The second-order valence-corrected chi connectivity index (χ2v) is 3.43. The fraction of sp³-hybridized carbons (Fsp3) is 0.400. The minimum Gasteiger partial charge on any atom is -0.481 e. The quantitative estimate of drug-likeness (QED) is 0.633. The van der Waals surface area contributed by atoms with Crippen molar-refractivity contribution < 1.29 is 45.3 Å². The molecule has 5 nitrogen and oxygen atoms in total. The van der Waals surface area contributed by atoms with Crippen molar-refractivity contribution in [2.24, 2.45) is 0 Å². The summed E-state index contributed by atoms with van der Waals surface area (Å²) in [5, 5.41) is 0. The van der Waals surface area contributed by atoms with E-state index in [9.17, 15) is 31.1 Å². The first-order valence-electron chi connectivity index (χ1n) is 5.00. The number of hydrogen-bond acceptors (Lipinski definition) is 5. The van der Waals surface area contributed by atoms with Gasteiger partial charge in [-0.1, -0.05) is 0 Å². The van der Waals surface area contributed by atoms with Crippen LogP contribution < -0.4 is 9.47 Å². The van der Waals surface area contributed by atoms with Gasteiger partial charge in [-0.05, 0) is 0 Å². The third kappa shape index (κ3) is 4.13. The highest BCUT2D eigenvalue weighted by Gasteiger charge is 2.40. The lowest BCUT2D eigenvalue weighted by molar-refractivity contribution is -0.275. The zero-order valence-electron chi connectivity index (χ0n) is 10.4. The van der Waals surface area contributed by atoms with E-state index in [-0.39, 0.29) is 6.07 Å². The van der Waals surface area contributed by atoms with Gasteiger partial charge in [-0.3, -0.25) is 0 Å². The molecule has 21 heavy (non-hydrogen) atoms. The van der Waals surface area contributed by atoms with Gasteiger partial charge in [0.05, 0.1) is 14.2 Å². The van der Waals surface area contributed by atoms with Crippen molar-refractivity contribution in [2.45, 2.75) is 12.5 Å². The summed E-state index contributed by atoms with van der Waals surface area (Å²) in [5.74, 6) is -3.94. The zero-order chi connectivity index (χ0) is 16.4. The standard InChI is InChI=1S/C10H7F6NO4/c1-19-7-4(9(11,12)13)3-5(21-10(14,15)16)6(17-7)8(18)20-2/h3H,1-2H3. The van der Waals surface area contributed by atoms with Crippen LogP contribution in [0.4, 0.5) is 26.3 Å². The molecule has 1 rings (SSSR count). The molecule has 1 heterocycles. The molecule has 1 aromatic rings. The lowest BCUT2D eigenvalue weighted by atomic mass is 10.2. The summed E-state index contributed by atoms with van der Waals surface area (Å²) >= 11 is 0. The van der Waals surface area contributed by atoms with Crippen LogP contribution in [0.1, 0.15) is 16.1 Å². The van der Waals surface area contributed by atoms with Gasteiger partial charge in [-0.15, -0.1) is 13.2 Å². The van der Waals surface area contributed by atoms with Gasteiger partial charge < -0.3 is 14.2 Å². The Morgan fingerprint density at radius 3 is 2.10 bits per heavy atom. The molecule has 0 amide bonds. The molecular weight excluding hydrogens is 312 g/mol. The Morgan fingerprint density at radius 1 is 1.14 bits per heavy atom. The Morgan fingerprint density at radius 2 is 1.71 bits per heavy atom. The molecule has 0 atom stereocenters. The number of esters is 1. The maximum Gasteiger partial charge on any atom is 0.573 e. The van der Waals surface area contributed by atoms with E-state index in [4.69, 9.17) is 0 Å². The molecule has 11 heteroatoms. The topological polar surface area (TPSA) is 57.7 Å². The van der Waals surface area contributed by atoms with E-state index >= 15 is 0 Å². The molecule has 0 aliphatic heterocycles. The molecule has 0 bridgehead atoms. The second kappa shape index (κ2) is 5.66. The van der Waals surface area contributed by atoms with Crippen LogP contribution in [0, 0.1) is 0 Å². The highest BCUT2D eigenvalue weighted by molar-refractivity contribution is 5.90. The number of hydrogen-bond donors (Lipinski definition) is 0. The fourth-order valence-corrected chi connectivity index (χ4v) is 1.28. The van der Waals surface area contributed by atoms with Crippen LogP contribution >= 0.6 is 0 Å². The Labute approximate surface area is 113 Å². The Bertz CT molecular complexity index is 540. The van der Waals surface area contributed by atoms with Crippen LogP contribution in [0.15, 0.2) is 6.07 Å². The SMILES string of the molecule is COC(=O)c1nc(OC)c(C(F)(F)F)cc1OC(F)(F)F. The lowest BCUT2D eigenvalue weighted by Gasteiger charge is -2.16. The summed E-state index contributed by atoms with van der Waals surface area (Å²) in [6.45, 7) is 0. The minimum atomic E-state index is -5.32. The first-order chi connectivity index (χ1) is 9.49. The lowest BCUT2D eigenvalue weighted by Crippen LogP contribution is -2.21. The van der Waals surface area contributed by atoms with Crippen molar-refractivity contribution in [3.63, 3.8) is 0 Å². The largest absolute Gasteiger partial charge is 0.573 e. The first kappa shape index (κ1) is 16.9. The normalized spacial score (nSPS) is 12.0. The number of pyridine rings is 1. The summed E-state index contributed by atoms with van der Waals surface area (Å²) in [4.78, 5) is 14.4. The second-order valence-electron chi connectivity index (χ2n) is 3.43. The molecule has 118 valence electrons. The van der Waals surface area contributed by atoms with Gasteiger partial charge in [0, 0.05) is 6.07 Å². The van der Waals surface area contributed by atoms with E-state index < -0.39 is 41.4 Å². The number of aromatic nitrogens is 1. The molecule has 0 aliphatic rings. The third-order valence-corrected chi connectivity index (χ3v) is 2.06. The average molecular weight is 319 g/mol. The number of carbonyl (C=O) groups is 1. The van der Waals surface area contributed by atoms with Crippen LogP contribution in [-0.2, 0) is 10.9 Å². The van der Waals surface area contributed by atoms with Crippen LogP contribution in [0.2, 0.25) is 0 Å². The number of carbonyl (C=O) groups excluding carboxylic acids is 1. The number of halogens is 6. The molecule has 0 saturated heterocycles. The van der Waals surface area contributed by atoms with E-state index in [0.29, 0.717) is 0 Å². The number of alkyl halides is 6. The van der Waals surface area contributed by atoms with Crippen molar-refractivity contribution in [3.8, 4) is 11.6 Å². The van der Waals surface area contributed by atoms with Crippen molar-refractivity contribution in [1.82, 2.24) is 4.98 Å². The van der Waals surface area contributed by atoms with E-state index in [1.54, 1.807) is 0 Å². The van der Waals surface area contributed by atoms with Crippen molar-refractivity contribution in [1.29, 1.82) is 0 Å². The number of methoxy groups -OCH3 is 2. The van der Waals surface area contributed by atoms with E-state index in [1.165, 1.54) is 0 Å². The predicted octanol–water partition coefficient (Wildman–Crippen LogP) is 2.79. The first-order valence-corrected chi connectivity index (χ1v) is 5.00. The van der Waals surface area contributed by atoms with E-state index in [0.717, 1.165) is 14.2 Å². The number of nitrogens with zero attached hydrogens (tertiary/aromatic N) is 1. The third-order valence-electron chi connectivity index (χ3n) is 2.06. The molecule has 0 unspecified atom stereocenters. The van der Waals surface area contributed by atoms with Gasteiger partial charge in [0.15, 0.2) is 11.4 Å². The molecule has 0 spiro atoms. The monoisotopic (exact) mass is 319 g/mol. The molecule has 0 aliphatic carbocycles. The van der Waals surface area contributed by atoms with E-state index in [2.05, 4.69) is 19.2 Å². The predicted molar refractivity (Wildman–Crippen MR) is 53.8 cm³/mol. The van der Waals surface area contributed by atoms with Crippen molar-refractivity contribution >= 4 is 5.97 Å². The van der Waals surface area contributed by atoms with Crippen molar-refractivity contribution in [3.05, 3.63) is 17.3 Å². The maximum atomic E-state index is 12.7. The minimum absolute atomic E-state index is 0.0361. The van der Waals surface area contributed by atoms with Crippen LogP contribution in [0.25, 0.3) is 0 Å². The summed E-state index contributed by atoms with van der Waals surface area (Å²) in [5.41, 5.74) is -2.73. The number of rotatable bonds is 3. The van der Waals surface area contributed by atoms with Gasteiger partial charge >= 0.3 is 18.5 Å². The average Bonchev–Trinajstić information content (AvgIpc) is 2.34. The zero-order valence-corrected chi connectivity index (χ0v) is 10.4. The Hall–Kier alpha value is -2.20. The van der Waals surface area contributed by atoms with Gasteiger partial charge in [-0.2, -0.15) is 13.2 Å². The van der Waals surface area contributed by atoms with Crippen LogP contribution in [0.5, 0.6) is 11.6 Å².